The largest absolute Gasteiger partial charge is 0.503 e. The van der Waals surface area contributed by atoms with Crippen molar-refractivity contribution in [1.29, 1.82) is 0 Å². The predicted molar refractivity (Wildman–Crippen MR) is 116 cm³/mol. The van der Waals surface area contributed by atoms with Crippen LogP contribution in [0.2, 0.25) is 0 Å². The molecule has 0 radical (unpaired) electrons. The van der Waals surface area contributed by atoms with E-state index in [4.69, 9.17) is 4.74 Å². The van der Waals surface area contributed by atoms with Crippen molar-refractivity contribution in [3.63, 3.8) is 0 Å². The normalized spacial score (nSPS) is 25.8. The smallest absolute Gasteiger partial charge is 0.294 e. The van der Waals surface area contributed by atoms with Crippen molar-refractivity contribution < 1.29 is 19.4 Å². The van der Waals surface area contributed by atoms with Gasteiger partial charge in [-0.2, -0.15) is 11.3 Å². The van der Waals surface area contributed by atoms with E-state index in [0.29, 0.717) is 12.1 Å². The fourth-order valence-corrected chi connectivity index (χ4v) is 5.38. The van der Waals surface area contributed by atoms with E-state index >= 15 is 0 Å². The van der Waals surface area contributed by atoms with Crippen molar-refractivity contribution >= 4 is 28.7 Å². The molecule has 1 amide bonds. The first kappa shape index (κ1) is 19.0. The molecule has 0 fully saturated rings. The third-order valence-corrected chi connectivity index (χ3v) is 6.92. The Labute approximate surface area is 178 Å². The molecule has 6 heteroatoms. The summed E-state index contributed by atoms with van der Waals surface area (Å²) in [7, 11) is 1.63. The van der Waals surface area contributed by atoms with Gasteiger partial charge in [0.15, 0.2) is 11.5 Å². The minimum absolute atomic E-state index is 0.186. The van der Waals surface area contributed by atoms with Gasteiger partial charge in [-0.25, -0.2) is 0 Å². The van der Waals surface area contributed by atoms with E-state index in [1.807, 2.05) is 54.8 Å². The molecule has 2 aliphatic carbocycles. The van der Waals surface area contributed by atoms with Crippen LogP contribution in [0.1, 0.15) is 13.3 Å². The molecule has 30 heavy (non-hydrogen) atoms. The van der Waals surface area contributed by atoms with Gasteiger partial charge in [-0.3, -0.25) is 14.5 Å². The third-order valence-electron chi connectivity index (χ3n) is 6.24. The number of fused-ring (bicyclic) bond motifs is 2. The monoisotopic (exact) mass is 419 g/mol. The molecule has 1 aromatic carbocycles. The minimum Gasteiger partial charge on any atom is -0.503 e. The molecule has 2 aromatic rings. The SMILES string of the molecule is COC1CC=CC2=C1[C@@H]1C(=C(O)C(=O)N1c1ccc(-c3ccsc3)cc1)C(=O)C2C. The molecule has 152 valence electrons. The summed E-state index contributed by atoms with van der Waals surface area (Å²) >= 11 is 1.63. The zero-order valence-corrected chi connectivity index (χ0v) is 17.5. The lowest BCUT2D eigenvalue weighted by Gasteiger charge is -2.39. The van der Waals surface area contributed by atoms with Gasteiger partial charge in [0.05, 0.1) is 17.7 Å². The third kappa shape index (κ3) is 2.64. The van der Waals surface area contributed by atoms with Crippen molar-refractivity contribution in [3.8, 4) is 11.1 Å². The van der Waals surface area contributed by atoms with E-state index in [9.17, 15) is 14.7 Å². The van der Waals surface area contributed by atoms with Crippen LogP contribution in [-0.4, -0.2) is 36.1 Å². The van der Waals surface area contributed by atoms with Crippen LogP contribution in [0.25, 0.3) is 11.1 Å². The van der Waals surface area contributed by atoms with E-state index in [-0.39, 0.29) is 17.5 Å². The number of hydrogen-bond donors (Lipinski definition) is 1. The highest BCUT2D eigenvalue weighted by Gasteiger charge is 2.52. The van der Waals surface area contributed by atoms with Crippen molar-refractivity contribution in [1.82, 2.24) is 0 Å². The van der Waals surface area contributed by atoms with Crippen molar-refractivity contribution in [3.05, 3.63) is 75.7 Å². The average molecular weight is 420 g/mol. The van der Waals surface area contributed by atoms with Gasteiger partial charge in [-0.1, -0.05) is 31.2 Å². The van der Waals surface area contributed by atoms with Gasteiger partial charge in [0.25, 0.3) is 5.91 Å². The number of hydrogen-bond acceptors (Lipinski definition) is 5. The number of carbonyl (C=O) groups excluding carboxylic acids is 2. The van der Waals surface area contributed by atoms with Crippen LogP contribution in [0.15, 0.2) is 75.7 Å². The highest BCUT2D eigenvalue weighted by Crippen LogP contribution is 2.46. The number of methoxy groups -OCH3 is 1. The Morgan fingerprint density at radius 2 is 1.90 bits per heavy atom. The van der Waals surface area contributed by atoms with Gasteiger partial charge in [0, 0.05) is 18.7 Å². The molecule has 0 spiro atoms. The molecule has 2 unspecified atom stereocenters. The number of aliphatic hydroxyl groups is 1. The second-order valence-electron chi connectivity index (χ2n) is 7.76. The second kappa shape index (κ2) is 7.07. The lowest BCUT2D eigenvalue weighted by Crippen LogP contribution is -2.46. The number of nitrogens with zero attached hydrogens (tertiary/aromatic N) is 1. The van der Waals surface area contributed by atoms with E-state index in [0.717, 1.165) is 22.3 Å². The first-order chi connectivity index (χ1) is 14.5. The Bertz CT molecular complexity index is 1120. The fourth-order valence-electron chi connectivity index (χ4n) is 4.71. The highest BCUT2D eigenvalue weighted by atomic mass is 32.1. The second-order valence-corrected chi connectivity index (χ2v) is 8.54. The molecule has 0 bridgehead atoms. The number of amides is 1. The van der Waals surface area contributed by atoms with Crippen LogP contribution in [0.4, 0.5) is 5.69 Å². The maximum atomic E-state index is 13.1. The van der Waals surface area contributed by atoms with Crippen molar-refractivity contribution in [2.75, 3.05) is 12.0 Å². The van der Waals surface area contributed by atoms with Crippen LogP contribution in [0, 0.1) is 5.92 Å². The molecule has 1 aliphatic heterocycles. The maximum Gasteiger partial charge on any atom is 0.294 e. The number of carbonyl (C=O) groups is 2. The lowest BCUT2D eigenvalue weighted by molar-refractivity contribution is -0.119. The number of ketones is 1. The summed E-state index contributed by atoms with van der Waals surface area (Å²) < 4.78 is 5.71. The Hall–Kier alpha value is -2.96. The first-order valence-corrected chi connectivity index (χ1v) is 10.8. The average Bonchev–Trinajstić information content (AvgIpc) is 3.39. The molecule has 3 aliphatic rings. The molecular weight excluding hydrogens is 398 g/mol. The quantitative estimate of drug-likeness (QED) is 0.799. The highest BCUT2D eigenvalue weighted by molar-refractivity contribution is 7.08. The van der Waals surface area contributed by atoms with Gasteiger partial charge < -0.3 is 9.84 Å². The summed E-state index contributed by atoms with van der Waals surface area (Å²) in [5.41, 5.74) is 4.77. The molecule has 5 nitrogen and oxygen atoms in total. The molecule has 0 saturated carbocycles. The maximum absolute atomic E-state index is 13.1. The number of anilines is 1. The van der Waals surface area contributed by atoms with E-state index in [1.54, 1.807) is 18.4 Å². The zero-order valence-electron chi connectivity index (χ0n) is 16.7. The Morgan fingerprint density at radius 1 is 1.13 bits per heavy atom. The van der Waals surface area contributed by atoms with Gasteiger partial charge in [-0.15, -0.1) is 0 Å². The summed E-state index contributed by atoms with van der Waals surface area (Å²) in [4.78, 5) is 27.7. The summed E-state index contributed by atoms with van der Waals surface area (Å²) in [6.07, 6.45) is 4.39. The topological polar surface area (TPSA) is 66.8 Å². The fraction of sp³-hybridized carbons (Fsp3) is 0.250. The Kier molecular flexibility index (Phi) is 4.49. The van der Waals surface area contributed by atoms with Crippen LogP contribution in [-0.2, 0) is 14.3 Å². The summed E-state index contributed by atoms with van der Waals surface area (Å²) in [6.45, 7) is 1.82. The lowest BCUT2D eigenvalue weighted by atomic mass is 9.72. The first-order valence-electron chi connectivity index (χ1n) is 9.89. The van der Waals surface area contributed by atoms with E-state index in [1.165, 1.54) is 4.90 Å². The summed E-state index contributed by atoms with van der Waals surface area (Å²) in [5.74, 6) is -1.62. The van der Waals surface area contributed by atoms with Gasteiger partial charge in [0.1, 0.15) is 0 Å². The number of Topliss-reactive ketones (excluding diaryl/α,β-unsaturated/α-hetero) is 1. The molecule has 1 N–H and O–H groups in total. The molecule has 3 atom stereocenters. The number of thiophene rings is 1. The van der Waals surface area contributed by atoms with E-state index < -0.39 is 23.6 Å². The Balaban J connectivity index is 1.64. The predicted octanol–water partition coefficient (Wildman–Crippen LogP) is 4.43. The molecule has 1 aromatic heterocycles. The zero-order chi connectivity index (χ0) is 21.0. The van der Waals surface area contributed by atoms with Crippen LogP contribution >= 0.6 is 11.3 Å². The molecule has 0 saturated heterocycles. The minimum atomic E-state index is -0.641. The molecule has 5 rings (SSSR count). The van der Waals surface area contributed by atoms with Crippen LogP contribution in [0.5, 0.6) is 0 Å². The van der Waals surface area contributed by atoms with Gasteiger partial charge in [0.2, 0.25) is 0 Å². The van der Waals surface area contributed by atoms with Gasteiger partial charge >= 0.3 is 0 Å². The number of aliphatic hydroxyl groups excluding tert-OH is 1. The van der Waals surface area contributed by atoms with E-state index in [2.05, 4.69) is 5.38 Å². The number of benzene rings is 1. The van der Waals surface area contributed by atoms with Gasteiger partial charge in [-0.05, 0) is 57.7 Å². The van der Waals surface area contributed by atoms with Crippen molar-refractivity contribution in [2.24, 2.45) is 5.92 Å². The number of allylic oxidation sites excluding steroid dienone is 2. The van der Waals surface area contributed by atoms with Crippen LogP contribution in [0.3, 0.4) is 0 Å². The molecular formula is C24H21NO4S. The summed E-state index contributed by atoms with van der Waals surface area (Å²) in [5, 5.41) is 14.7. The Morgan fingerprint density at radius 3 is 2.57 bits per heavy atom. The number of ether oxygens (including phenoxy) is 1. The summed E-state index contributed by atoms with van der Waals surface area (Å²) in [6, 6.07) is 9.04. The van der Waals surface area contributed by atoms with Crippen molar-refractivity contribution in [2.45, 2.75) is 25.5 Å². The number of rotatable bonds is 3. The standard InChI is InChI=1S/C24H21NO4S/c1-13-17-4-3-5-18(29-2)19(17)21-20(22(13)26)23(27)24(28)25(21)16-8-6-14(7-9-16)15-10-11-30-12-15/h3-4,6-13,18,21,27H,5H2,1-2H3/t13?,18?,21-/m1/s1. The molecule has 2 heterocycles. The van der Waals surface area contributed by atoms with Crippen LogP contribution < -0.4 is 4.90 Å².